The minimum Gasteiger partial charge on any atom is -0.391 e. The Balaban J connectivity index is 2.10. The first-order chi connectivity index (χ1) is 8.09. The van der Waals surface area contributed by atoms with Crippen molar-refractivity contribution in [2.24, 2.45) is 5.73 Å². The molecule has 1 amide bonds. The molecule has 1 unspecified atom stereocenters. The van der Waals surface area contributed by atoms with E-state index in [0.29, 0.717) is 29.6 Å². The summed E-state index contributed by atoms with van der Waals surface area (Å²) in [7, 11) is 0. The van der Waals surface area contributed by atoms with Gasteiger partial charge in [0.2, 0.25) is 0 Å². The van der Waals surface area contributed by atoms with E-state index < -0.39 is 0 Å². The van der Waals surface area contributed by atoms with Gasteiger partial charge in [0.25, 0.3) is 5.91 Å². The normalized spacial score (nSPS) is 20.3. The van der Waals surface area contributed by atoms with Crippen LogP contribution < -0.4 is 5.73 Å². The molecule has 1 aromatic rings. The van der Waals surface area contributed by atoms with Crippen molar-refractivity contribution in [3.05, 3.63) is 21.3 Å². The van der Waals surface area contributed by atoms with Crippen LogP contribution in [-0.2, 0) is 4.74 Å². The number of halogens is 1. The number of thiophene rings is 1. The first kappa shape index (κ1) is 12.8. The number of hydrogen-bond acceptors (Lipinski definition) is 4. The number of carbonyl (C=O) groups excluding carboxylic acids is 1. The zero-order valence-corrected chi connectivity index (χ0v) is 11.3. The van der Waals surface area contributed by atoms with Crippen molar-refractivity contribution in [2.45, 2.75) is 6.10 Å². The van der Waals surface area contributed by atoms with Crippen LogP contribution in [-0.4, -0.2) is 41.6 Å². The van der Waals surface area contributed by atoms with Gasteiger partial charge in [-0.3, -0.25) is 4.79 Å². The maximum absolute atomic E-state index is 12.2. The van der Waals surface area contributed by atoms with Gasteiger partial charge in [-0.15, -0.1) is 11.3 Å². The number of amides is 1. The summed E-state index contributed by atoms with van der Waals surface area (Å²) in [4.78, 5) is 14.7. The molecule has 0 aliphatic carbocycles. The Morgan fingerprint density at radius 2 is 2.47 bits per heavy atom. The highest BCUT2D eigenvalue weighted by atomic mass is 35.5. The summed E-state index contributed by atoms with van der Waals surface area (Å²) in [5.74, 6) is -0.0884. The molecule has 1 atom stereocenters. The summed E-state index contributed by atoms with van der Waals surface area (Å²) in [5, 5.41) is 2.28. The van der Waals surface area contributed by atoms with Gasteiger partial charge in [-0.1, -0.05) is 23.8 Å². The number of morpholine rings is 1. The molecule has 0 spiro atoms. The van der Waals surface area contributed by atoms with Crippen LogP contribution >= 0.6 is 35.2 Å². The molecule has 4 nitrogen and oxygen atoms in total. The fraction of sp³-hybridized carbons (Fsp3) is 0.400. The molecule has 0 radical (unpaired) electrons. The minimum absolute atomic E-state index is 0.0884. The molecule has 92 valence electrons. The topological polar surface area (TPSA) is 55.6 Å². The number of ether oxygens (including phenoxy) is 1. The fourth-order valence-electron chi connectivity index (χ4n) is 1.60. The lowest BCUT2D eigenvalue weighted by Gasteiger charge is -2.32. The van der Waals surface area contributed by atoms with Crippen LogP contribution in [0.1, 0.15) is 9.67 Å². The van der Waals surface area contributed by atoms with E-state index in [4.69, 9.17) is 34.3 Å². The monoisotopic (exact) mass is 290 g/mol. The number of thiocarbonyl (C=S) groups is 1. The largest absolute Gasteiger partial charge is 0.391 e. The maximum atomic E-state index is 12.2. The Hall–Kier alpha value is -0.690. The molecule has 1 saturated heterocycles. The second-order valence-corrected chi connectivity index (χ2v) is 5.41. The van der Waals surface area contributed by atoms with Crippen molar-refractivity contribution in [3.8, 4) is 0 Å². The Morgan fingerprint density at radius 1 is 1.71 bits per heavy atom. The molecule has 7 heteroatoms. The minimum atomic E-state index is -0.360. The van der Waals surface area contributed by atoms with E-state index in [0.717, 1.165) is 0 Å². The van der Waals surface area contributed by atoms with Crippen LogP contribution in [0.15, 0.2) is 11.4 Å². The molecular weight excluding hydrogens is 280 g/mol. The van der Waals surface area contributed by atoms with Crippen LogP contribution in [0, 0.1) is 0 Å². The van der Waals surface area contributed by atoms with E-state index in [2.05, 4.69) is 0 Å². The van der Waals surface area contributed by atoms with Crippen molar-refractivity contribution in [1.82, 2.24) is 4.90 Å². The summed E-state index contributed by atoms with van der Waals surface area (Å²) in [6.45, 7) is 1.37. The lowest BCUT2D eigenvalue weighted by Crippen LogP contribution is -2.49. The Morgan fingerprint density at radius 3 is 3.06 bits per heavy atom. The summed E-state index contributed by atoms with van der Waals surface area (Å²) < 4.78 is 5.38. The van der Waals surface area contributed by atoms with E-state index in [1.807, 2.05) is 0 Å². The molecule has 1 aromatic heterocycles. The third kappa shape index (κ3) is 2.77. The van der Waals surface area contributed by atoms with Crippen molar-refractivity contribution >= 4 is 46.1 Å². The van der Waals surface area contributed by atoms with Gasteiger partial charge in [0.1, 0.15) is 16.0 Å². The first-order valence-corrected chi connectivity index (χ1v) is 6.69. The van der Waals surface area contributed by atoms with Gasteiger partial charge in [0.05, 0.1) is 18.2 Å². The van der Waals surface area contributed by atoms with Gasteiger partial charge < -0.3 is 15.4 Å². The average Bonchev–Trinajstić information content (AvgIpc) is 2.74. The van der Waals surface area contributed by atoms with Crippen LogP contribution in [0.4, 0.5) is 0 Å². The predicted molar refractivity (Wildman–Crippen MR) is 71.8 cm³/mol. The number of rotatable bonds is 2. The van der Waals surface area contributed by atoms with Gasteiger partial charge in [-0.05, 0) is 11.4 Å². The predicted octanol–water partition coefficient (Wildman–Crippen LogP) is 1.53. The van der Waals surface area contributed by atoms with Crippen molar-refractivity contribution in [1.29, 1.82) is 0 Å². The second-order valence-electron chi connectivity index (χ2n) is 3.61. The third-order valence-corrected chi connectivity index (χ3v) is 4.07. The van der Waals surface area contributed by atoms with Crippen LogP contribution in [0.3, 0.4) is 0 Å². The van der Waals surface area contributed by atoms with Crippen molar-refractivity contribution < 1.29 is 9.53 Å². The molecule has 2 N–H and O–H groups in total. The Kier molecular flexibility index (Phi) is 3.98. The van der Waals surface area contributed by atoms with Gasteiger partial charge in [0, 0.05) is 6.54 Å². The Bertz CT molecular complexity index is 449. The summed E-state index contributed by atoms with van der Waals surface area (Å²) in [6.07, 6.45) is -0.360. The molecule has 1 aliphatic heterocycles. The van der Waals surface area contributed by atoms with Gasteiger partial charge in [0.15, 0.2) is 0 Å². The van der Waals surface area contributed by atoms with E-state index in [-0.39, 0.29) is 17.0 Å². The number of carbonyl (C=O) groups is 1. The van der Waals surface area contributed by atoms with Crippen LogP contribution in [0.2, 0.25) is 5.02 Å². The summed E-state index contributed by atoms with van der Waals surface area (Å²) in [5.41, 5.74) is 5.52. The highest BCUT2D eigenvalue weighted by molar-refractivity contribution is 7.80. The van der Waals surface area contributed by atoms with E-state index in [1.165, 1.54) is 11.3 Å². The summed E-state index contributed by atoms with van der Waals surface area (Å²) >= 11 is 12.1. The molecule has 2 heterocycles. The van der Waals surface area contributed by atoms with Gasteiger partial charge in [-0.2, -0.15) is 0 Å². The van der Waals surface area contributed by atoms with E-state index in [1.54, 1.807) is 16.3 Å². The number of hydrogen-bond donors (Lipinski definition) is 1. The van der Waals surface area contributed by atoms with Crippen molar-refractivity contribution in [2.75, 3.05) is 19.7 Å². The van der Waals surface area contributed by atoms with E-state index >= 15 is 0 Å². The number of nitrogens with zero attached hydrogens (tertiary/aromatic N) is 1. The maximum Gasteiger partial charge on any atom is 0.265 e. The molecule has 17 heavy (non-hydrogen) atoms. The number of nitrogens with two attached hydrogens (primary N) is 1. The van der Waals surface area contributed by atoms with Gasteiger partial charge in [-0.25, -0.2) is 0 Å². The zero-order chi connectivity index (χ0) is 12.4. The molecule has 0 saturated carbocycles. The zero-order valence-electron chi connectivity index (χ0n) is 8.89. The molecule has 2 rings (SSSR count). The lowest BCUT2D eigenvalue weighted by molar-refractivity contribution is 0.00904. The lowest BCUT2D eigenvalue weighted by atomic mass is 10.2. The highest BCUT2D eigenvalue weighted by Gasteiger charge is 2.28. The standard InChI is InChI=1S/C10H11ClN2O2S2/c11-6-1-4-17-8(6)10(14)13-2-3-15-7(5-13)9(12)16/h1,4,7H,2-3,5H2,(H2,12,16). The van der Waals surface area contributed by atoms with Crippen LogP contribution in [0.25, 0.3) is 0 Å². The molecule has 0 bridgehead atoms. The smallest absolute Gasteiger partial charge is 0.265 e. The average molecular weight is 291 g/mol. The van der Waals surface area contributed by atoms with Gasteiger partial charge >= 0.3 is 0 Å². The second kappa shape index (κ2) is 5.30. The molecule has 1 aliphatic rings. The third-order valence-electron chi connectivity index (χ3n) is 2.48. The highest BCUT2D eigenvalue weighted by Crippen LogP contribution is 2.24. The van der Waals surface area contributed by atoms with Crippen LogP contribution in [0.5, 0.6) is 0 Å². The van der Waals surface area contributed by atoms with Crippen molar-refractivity contribution in [3.63, 3.8) is 0 Å². The molecule has 0 aromatic carbocycles. The molecular formula is C10H11ClN2O2S2. The summed E-state index contributed by atoms with van der Waals surface area (Å²) in [6, 6.07) is 1.71. The Labute approximate surface area is 113 Å². The fourth-order valence-corrected chi connectivity index (χ4v) is 2.84. The quantitative estimate of drug-likeness (QED) is 0.839. The molecule has 1 fully saturated rings. The first-order valence-electron chi connectivity index (χ1n) is 5.03. The SMILES string of the molecule is NC(=S)C1CN(C(=O)c2sccc2Cl)CCO1. The van der Waals surface area contributed by atoms with E-state index in [9.17, 15) is 4.79 Å².